The summed E-state index contributed by atoms with van der Waals surface area (Å²) in [4.78, 5) is 28.0. The molecule has 0 aromatic heterocycles. The molecular formula is C28H41N3O4S. The Labute approximate surface area is 216 Å². The molecule has 2 aromatic rings. The molecule has 0 saturated heterocycles. The number of rotatable bonds is 10. The summed E-state index contributed by atoms with van der Waals surface area (Å²) >= 11 is 0. The Morgan fingerprint density at radius 1 is 0.972 bits per heavy atom. The molecule has 2 rings (SSSR count). The van der Waals surface area contributed by atoms with E-state index < -0.39 is 21.6 Å². The van der Waals surface area contributed by atoms with Crippen LogP contribution in [-0.4, -0.2) is 49.5 Å². The molecule has 0 radical (unpaired) electrons. The zero-order valence-corrected chi connectivity index (χ0v) is 23.7. The van der Waals surface area contributed by atoms with E-state index in [4.69, 9.17) is 0 Å². The summed E-state index contributed by atoms with van der Waals surface area (Å²) in [5, 5.41) is 2.96. The van der Waals surface area contributed by atoms with E-state index in [1.165, 1.54) is 10.6 Å². The lowest BCUT2D eigenvalue weighted by Gasteiger charge is -2.32. The fourth-order valence-electron chi connectivity index (χ4n) is 4.02. The number of nitrogens with zero attached hydrogens (tertiary/aromatic N) is 2. The van der Waals surface area contributed by atoms with Gasteiger partial charge in [0.05, 0.1) is 11.9 Å². The molecule has 0 aliphatic rings. The molecule has 0 bridgehead atoms. The van der Waals surface area contributed by atoms with E-state index >= 15 is 0 Å². The van der Waals surface area contributed by atoms with E-state index in [-0.39, 0.29) is 24.8 Å². The smallest absolute Gasteiger partial charge is 0.242 e. The summed E-state index contributed by atoms with van der Waals surface area (Å²) in [5.41, 5.74) is 4.10. The fraction of sp³-hybridized carbons (Fsp3) is 0.500. The van der Waals surface area contributed by atoms with Crippen LogP contribution < -0.4 is 9.62 Å². The van der Waals surface area contributed by atoms with Crippen molar-refractivity contribution in [3.05, 3.63) is 64.7 Å². The van der Waals surface area contributed by atoms with Gasteiger partial charge < -0.3 is 10.2 Å². The second-order valence-corrected chi connectivity index (χ2v) is 12.4. The first-order valence-electron chi connectivity index (χ1n) is 12.3. The van der Waals surface area contributed by atoms with Crippen LogP contribution in [0.25, 0.3) is 0 Å². The molecule has 8 heteroatoms. The number of aryl methyl sites for hydroxylation is 2. The van der Waals surface area contributed by atoms with Gasteiger partial charge in [-0.1, -0.05) is 36.4 Å². The molecule has 2 amide bonds. The lowest BCUT2D eigenvalue weighted by atomic mass is 10.1. The Morgan fingerprint density at radius 3 is 2.17 bits per heavy atom. The van der Waals surface area contributed by atoms with Gasteiger partial charge in [-0.3, -0.25) is 13.9 Å². The van der Waals surface area contributed by atoms with Crippen LogP contribution in [0.2, 0.25) is 0 Å². The summed E-state index contributed by atoms with van der Waals surface area (Å²) in [6.45, 7) is 13.7. The topological polar surface area (TPSA) is 86.8 Å². The van der Waals surface area contributed by atoms with E-state index in [9.17, 15) is 18.0 Å². The number of benzene rings is 2. The zero-order valence-electron chi connectivity index (χ0n) is 22.9. The molecule has 1 atom stereocenters. The third-order valence-corrected chi connectivity index (χ3v) is 7.44. The molecule has 0 heterocycles. The lowest BCUT2D eigenvalue weighted by molar-refractivity contribution is -0.141. The number of hydrogen-bond acceptors (Lipinski definition) is 4. The van der Waals surface area contributed by atoms with Gasteiger partial charge in [0.2, 0.25) is 21.8 Å². The average molecular weight is 516 g/mol. The van der Waals surface area contributed by atoms with Crippen molar-refractivity contribution >= 4 is 27.5 Å². The van der Waals surface area contributed by atoms with E-state index in [0.717, 1.165) is 22.3 Å². The first kappa shape index (κ1) is 29.4. The minimum Gasteiger partial charge on any atom is -0.350 e. The SMILES string of the molecule is Cc1ccccc1CN(C(=O)CCCN(c1cccc(C)c1C)S(C)(=O)=O)[C@H](C)C(=O)NC(C)(C)C. The molecular weight excluding hydrogens is 474 g/mol. The predicted octanol–water partition coefficient (Wildman–Crippen LogP) is 4.49. The summed E-state index contributed by atoms with van der Waals surface area (Å²) in [6.07, 6.45) is 1.63. The molecule has 36 heavy (non-hydrogen) atoms. The van der Waals surface area contributed by atoms with Gasteiger partial charge in [-0.05, 0) is 83.2 Å². The third-order valence-electron chi connectivity index (χ3n) is 6.26. The van der Waals surface area contributed by atoms with Crippen LogP contribution in [0, 0.1) is 20.8 Å². The lowest BCUT2D eigenvalue weighted by Crippen LogP contribution is -2.52. The quantitative estimate of drug-likeness (QED) is 0.505. The number of hydrogen-bond donors (Lipinski definition) is 1. The summed E-state index contributed by atoms with van der Waals surface area (Å²) in [6, 6.07) is 12.7. The first-order valence-corrected chi connectivity index (χ1v) is 14.2. The third kappa shape index (κ3) is 8.08. The van der Waals surface area contributed by atoms with E-state index in [0.29, 0.717) is 18.7 Å². The van der Waals surface area contributed by atoms with Crippen LogP contribution in [-0.2, 0) is 26.2 Å². The van der Waals surface area contributed by atoms with Gasteiger partial charge >= 0.3 is 0 Å². The zero-order chi connectivity index (χ0) is 27.3. The summed E-state index contributed by atoms with van der Waals surface area (Å²) in [5.74, 6) is -0.415. The normalized spacial score (nSPS) is 12.7. The van der Waals surface area contributed by atoms with Gasteiger partial charge in [0, 0.05) is 25.0 Å². The van der Waals surface area contributed by atoms with Crippen molar-refractivity contribution in [1.29, 1.82) is 0 Å². The number of anilines is 1. The number of nitrogens with one attached hydrogen (secondary N) is 1. The molecule has 0 aliphatic heterocycles. The van der Waals surface area contributed by atoms with Gasteiger partial charge in [-0.15, -0.1) is 0 Å². The van der Waals surface area contributed by atoms with Crippen LogP contribution in [0.1, 0.15) is 62.8 Å². The van der Waals surface area contributed by atoms with Crippen LogP contribution >= 0.6 is 0 Å². The van der Waals surface area contributed by atoms with Crippen molar-refractivity contribution in [2.75, 3.05) is 17.1 Å². The Balaban J connectivity index is 2.24. The van der Waals surface area contributed by atoms with Crippen LogP contribution in [0.3, 0.4) is 0 Å². The second kappa shape index (κ2) is 11.9. The predicted molar refractivity (Wildman–Crippen MR) is 146 cm³/mol. The molecule has 0 aliphatic carbocycles. The van der Waals surface area contributed by atoms with Crippen molar-refractivity contribution in [3.8, 4) is 0 Å². The molecule has 2 aromatic carbocycles. The largest absolute Gasteiger partial charge is 0.350 e. The molecule has 0 saturated carbocycles. The van der Waals surface area contributed by atoms with E-state index in [2.05, 4.69) is 5.32 Å². The molecule has 198 valence electrons. The van der Waals surface area contributed by atoms with Crippen LogP contribution in [0.15, 0.2) is 42.5 Å². The van der Waals surface area contributed by atoms with Gasteiger partial charge in [0.1, 0.15) is 6.04 Å². The van der Waals surface area contributed by atoms with Crippen molar-refractivity contribution < 1.29 is 18.0 Å². The van der Waals surface area contributed by atoms with E-state index in [1.54, 1.807) is 17.9 Å². The van der Waals surface area contributed by atoms with Crippen molar-refractivity contribution in [2.45, 2.75) is 79.4 Å². The van der Waals surface area contributed by atoms with Gasteiger partial charge in [-0.2, -0.15) is 0 Å². The van der Waals surface area contributed by atoms with Crippen LogP contribution in [0.5, 0.6) is 0 Å². The Morgan fingerprint density at radius 2 is 1.58 bits per heavy atom. The minimum absolute atomic E-state index is 0.121. The Hall–Kier alpha value is -2.87. The first-order chi connectivity index (χ1) is 16.6. The molecule has 7 nitrogen and oxygen atoms in total. The summed E-state index contributed by atoms with van der Waals surface area (Å²) < 4.78 is 26.5. The number of carbonyl (C=O) groups is 2. The highest BCUT2D eigenvalue weighted by atomic mass is 32.2. The monoisotopic (exact) mass is 515 g/mol. The maximum Gasteiger partial charge on any atom is 0.242 e. The highest BCUT2D eigenvalue weighted by Gasteiger charge is 2.29. The van der Waals surface area contributed by atoms with Crippen molar-refractivity contribution in [1.82, 2.24) is 10.2 Å². The number of carbonyl (C=O) groups excluding carboxylic acids is 2. The molecule has 0 spiro atoms. The Kier molecular flexibility index (Phi) is 9.71. The van der Waals surface area contributed by atoms with Crippen molar-refractivity contribution in [2.24, 2.45) is 0 Å². The molecule has 1 N–H and O–H groups in total. The second-order valence-electron chi connectivity index (χ2n) is 10.5. The Bertz CT molecular complexity index is 1190. The maximum atomic E-state index is 13.4. The summed E-state index contributed by atoms with van der Waals surface area (Å²) in [7, 11) is -3.54. The van der Waals surface area contributed by atoms with Gasteiger partial charge in [0.15, 0.2) is 0 Å². The fourth-order valence-corrected chi connectivity index (χ4v) is 5.03. The average Bonchev–Trinajstić information content (AvgIpc) is 2.76. The number of amides is 2. The highest BCUT2D eigenvalue weighted by molar-refractivity contribution is 7.92. The minimum atomic E-state index is -3.54. The maximum absolute atomic E-state index is 13.4. The van der Waals surface area contributed by atoms with Gasteiger partial charge in [-0.25, -0.2) is 8.42 Å². The van der Waals surface area contributed by atoms with Crippen LogP contribution in [0.4, 0.5) is 5.69 Å². The van der Waals surface area contributed by atoms with Crippen molar-refractivity contribution in [3.63, 3.8) is 0 Å². The standard InChI is InChI=1S/C28H41N3O4S/c1-20-14-11-16-25(22(20)3)31(36(8,34)35)18-12-17-26(32)30(19-24-15-10-9-13-21(24)2)23(4)27(33)29-28(5,6)7/h9-11,13-16,23H,12,17-19H2,1-8H3,(H,29,33)/t23-/m1/s1. The van der Waals surface area contributed by atoms with Gasteiger partial charge in [0.25, 0.3) is 0 Å². The molecule has 0 fully saturated rings. The number of sulfonamides is 1. The highest BCUT2D eigenvalue weighted by Crippen LogP contribution is 2.25. The van der Waals surface area contributed by atoms with E-state index in [1.807, 2.05) is 77.9 Å². The molecule has 0 unspecified atom stereocenters.